The highest BCUT2D eigenvalue weighted by Crippen LogP contribution is 2.37. The number of nitro groups is 1. The molecule has 0 bridgehead atoms. The molecule has 0 radical (unpaired) electrons. The van der Waals surface area contributed by atoms with E-state index in [1.807, 2.05) is 6.92 Å². The second-order valence-electron chi connectivity index (χ2n) is 6.09. The predicted octanol–water partition coefficient (Wildman–Crippen LogP) is 2.50. The molecule has 0 aliphatic carbocycles. The molecule has 0 spiro atoms. The Labute approximate surface area is 122 Å². The van der Waals surface area contributed by atoms with Crippen LogP contribution in [0.3, 0.4) is 0 Å². The summed E-state index contributed by atoms with van der Waals surface area (Å²) in [6.45, 7) is 9.32. The Morgan fingerprint density at radius 1 is 1.48 bits per heavy atom. The van der Waals surface area contributed by atoms with E-state index < -0.39 is 4.92 Å². The van der Waals surface area contributed by atoms with Gasteiger partial charge in [0, 0.05) is 23.3 Å². The Morgan fingerprint density at radius 2 is 2.19 bits per heavy atom. The van der Waals surface area contributed by atoms with Gasteiger partial charge in [0.15, 0.2) is 0 Å². The van der Waals surface area contributed by atoms with Gasteiger partial charge in [-0.05, 0) is 33.6 Å². The molecule has 112 valence electrons. The lowest BCUT2D eigenvalue weighted by Crippen LogP contribution is -2.43. The van der Waals surface area contributed by atoms with Crippen molar-refractivity contribution in [1.82, 2.24) is 14.6 Å². The maximum atomic E-state index is 11.1. The zero-order valence-electron chi connectivity index (χ0n) is 12.8. The summed E-state index contributed by atoms with van der Waals surface area (Å²) >= 11 is 0. The molecule has 0 N–H and O–H groups in total. The number of hydrogen-bond donors (Lipinski definition) is 0. The first-order valence-electron chi connectivity index (χ1n) is 7.16. The van der Waals surface area contributed by atoms with Crippen LogP contribution in [0.15, 0.2) is 6.20 Å². The van der Waals surface area contributed by atoms with Crippen molar-refractivity contribution in [3.05, 3.63) is 27.6 Å². The van der Waals surface area contributed by atoms with Crippen molar-refractivity contribution in [3.8, 4) is 0 Å². The fourth-order valence-electron chi connectivity index (χ4n) is 2.92. The van der Waals surface area contributed by atoms with Crippen molar-refractivity contribution in [1.29, 1.82) is 0 Å². The lowest BCUT2D eigenvalue weighted by Gasteiger charge is -2.36. The van der Waals surface area contributed by atoms with Crippen LogP contribution in [-0.2, 0) is 6.42 Å². The molecule has 7 nitrogen and oxygen atoms in total. The van der Waals surface area contributed by atoms with Gasteiger partial charge < -0.3 is 4.90 Å². The lowest BCUT2D eigenvalue weighted by atomic mass is 10.00. The van der Waals surface area contributed by atoms with E-state index in [1.165, 1.54) is 6.20 Å². The van der Waals surface area contributed by atoms with Gasteiger partial charge in [0.25, 0.3) is 0 Å². The smallest absolute Gasteiger partial charge is 0.333 e. The standard InChI is InChI=1S/C14H19N5O2/c1-5-14(3,4)17-7-6-10-9(2)16-12-11(19(20)21)8-15-18(12)13(10)17/h8H,5-7H2,1-4H3. The van der Waals surface area contributed by atoms with Gasteiger partial charge in [0.1, 0.15) is 12.0 Å². The largest absolute Gasteiger partial charge is 0.351 e. The lowest BCUT2D eigenvalue weighted by molar-refractivity contribution is -0.383. The highest BCUT2D eigenvalue weighted by atomic mass is 16.6. The molecule has 0 saturated heterocycles. The van der Waals surface area contributed by atoms with E-state index in [2.05, 4.69) is 35.8 Å². The summed E-state index contributed by atoms with van der Waals surface area (Å²) in [5, 5.41) is 15.3. The van der Waals surface area contributed by atoms with E-state index in [4.69, 9.17) is 0 Å². The zero-order valence-corrected chi connectivity index (χ0v) is 12.8. The van der Waals surface area contributed by atoms with E-state index in [0.29, 0.717) is 5.65 Å². The summed E-state index contributed by atoms with van der Waals surface area (Å²) in [4.78, 5) is 17.4. The number of nitrogens with zero attached hydrogens (tertiary/aromatic N) is 5. The van der Waals surface area contributed by atoms with Crippen LogP contribution in [0.2, 0.25) is 0 Å². The summed E-state index contributed by atoms with van der Waals surface area (Å²) < 4.78 is 1.63. The fraction of sp³-hybridized carbons (Fsp3) is 0.571. The Kier molecular flexibility index (Phi) is 2.89. The van der Waals surface area contributed by atoms with E-state index in [-0.39, 0.29) is 11.2 Å². The Morgan fingerprint density at radius 3 is 2.81 bits per heavy atom. The Bertz CT molecular complexity index is 735. The average molecular weight is 289 g/mol. The molecule has 7 heteroatoms. The summed E-state index contributed by atoms with van der Waals surface area (Å²) in [5.41, 5.74) is 2.27. The minimum absolute atomic E-state index is 0.0211. The number of fused-ring (bicyclic) bond motifs is 3. The van der Waals surface area contributed by atoms with Crippen LogP contribution in [0.25, 0.3) is 5.65 Å². The second kappa shape index (κ2) is 4.41. The molecule has 0 atom stereocenters. The van der Waals surface area contributed by atoms with Crippen LogP contribution in [0.5, 0.6) is 0 Å². The molecular weight excluding hydrogens is 270 g/mol. The van der Waals surface area contributed by atoms with E-state index in [9.17, 15) is 10.1 Å². The summed E-state index contributed by atoms with van der Waals surface area (Å²) in [6, 6.07) is 0. The van der Waals surface area contributed by atoms with Crippen LogP contribution >= 0.6 is 0 Å². The van der Waals surface area contributed by atoms with Crippen molar-refractivity contribution >= 4 is 17.2 Å². The average Bonchev–Trinajstić information content (AvgIpc) is 3.01. The fourth-order valence-corrected chi connectivity index (χ4v) is 2.92. The van der Waals surface area contributed by atoms with Gasteiger partial charge in [0.2, 0.25) is 5.65 Å². The minimum atomic E-state index is -0.425. The number of aromatic nitrogens is 3. The monoisotopic (exact) mass is 289 g/mol. The third kappa shape index (κ3) is 1.87. The first-order chi connectivity index (χ1) is 9.86. The summed E-state index contributed by atoms with van der Waals surface area (Å²) in [5.74, 6) is 0.956. The molecule has 3 rings (SSSR count). The molecule has 0 fully saturated rings. The van der Waals surface area contributed by atoms with Crippen LogP contribution in [-0.4, -0.2) is 31.6 Å². The number of rotatable bonds is 3. The third-order valence-electron chi connectivity index (χ3n) is 4.54. The van der Waals surface area contributed by atoms with Crippen LogP contribution < -0.4 is 4.90 Å². The van der Waals surface area contributed by atoms with Crippen LogP contribution in [0, 0.1) is 17.0 Å². The predicted molar refractivity (Wildman–Crippen MR) is 79.8 cm³/mol. The van der Waals surface area contributed by atoms with Gasteiger partial charge in [-0.1, -0.05) is 6.92 Å². The molecule has 2 aromatic heterocycles. The third-order valence-corrected chi connectivity index (χ3v) is 4.54. The molecule has 3 heterocycles. The summed E-state index contributed by atoms with van der Waals surface area (Å²) in [6.07, 6.45) is 3.18. The van der Waals surface area contributed by atoms with Gasteiger partial charge in [-0.3, -0.25) is 10.1 Å². The van der Waals surface area contributed by atoms with Crippen molar-refractivity contribution in [2.45, 2.75) is 46.1 Å². The summed E-state index contributed by atoms with van der Waals surface area (Å²) in [7, 11) is 0. The molecule has 2 aromatic rings. The van der Waals surface area contributed by atoms with Crippen molar-refractivity contribution in [2.75, 3.05) is 11.4 Å². The number of aryl methyl sites for hydroxylation is 1. The first kappa shape index (κ1) is 13.8. The Balaban J connectivity index is 2.30. The molecule has 21 heavy (non-hydrogen) atoms. The van der Waals surface area contributed by atoms with Gasteiger partial charge >= 0.3 is 5.69 Å². The molecule has 1 aliphatic heterocycles. The normalized spacial score (nSPS) is 14.8. The van der Waals surface area contributed by atoms with Gasteiger partial charge in [-0.2, -0.15) is 9.61 Å². The molecular formula is C14H19N5O2. The van der Waals surface area contributed by atoms with E-state index in [1.54, 1.807) is 4.52 Å². The van der Waals surface area contributed by atoms with Crippen LogP contribution in [0.1, 0.15) is 38.4 Å². The second-order valence-corrected chi connectivity index (χ2v) is 6.09. The van der Waals surface area contributed by atoms with Gasteiger partial charge in [-0.25, -0.2) is 4.98 Å². The molecule has 0 unspecified atom stereocenters. The van der Waals surface area contributed by atoms with E-state index in [0.717, 1.165) is 36.5 Å². The highest BCUT2D eigenvalue weighted by molar-refractivity contribution is 5.67. The number of hydrogen-bond acceptors (Lipinski definition) is 5. The zero-order chi connectivity index (χ0) is 15.4. The molecule has 0 saturated carbocycles. The van der Waals surface area contributed by atoms with Crippen molar-refractivity contribution in [3.63, 3.8) is 0 Å². The van der Waals surface area contributed by atoms with Crippen LogP contribution in [0.4, 0.5) is 11.5 Å². The number of anilines is 1. The molecule has 0 amide bonds. The quantitative estimate of drug-likeness (QED) is 0.641. The minimum Gasteiger partial charge on any atom is -0.351 e. The van der Waals surface area contributed by atoms with Crippen molar-refractivity contribution in [2.24, 2.45) is 0 Å². The van der Waals surface area contributed by atoms with Crippen molar-refractivity contribution < 1.29 is 4.92 Å². The topological polar surface area (TPSA) is 76.6 Å². The van der Waals surface area contributed by atoms with Gasteiger partial charge in [-0.15, -0.1) is 0 Å². The Hall–Kier alpha value is -2.18. The van der Waals surface area contributed by atoms with E-state index >= 15 is 0 Å². The van der Waals surface area contributed by atoms with Gasteiger partial charge in [0.05, 0.1) is 4.92 Å². The first-order valence-corrected chi connectivity index (χ1v) is 7.16. The maximum absolute atomic E-state index is 11.1. The molecule has 0 aromatic carbocycles. The highest BCUT2D eigenvalue weighted by Gasteiger charge is 2.35. The SMILES string of the molecule is CCC(C)(C)N1CCc2c(C)nc3c([N+](=O)[O-])cnn3c21. The maximum Gasteiger partial charge on any atom is 0.333 e. The molecule has 1 aliphatic rings.